The Labute approximate surface area is 166 Å². The zero-order chi connectivity index (χ0) is 19.8. The third kappa shape index (κ3) is 3.18. The van der Waals surface area contributed by atoms with E-state index in [1.165, 1.54) is 0 Å². The molecule has 2 heterocycles. The van der Waals surface area contributed by atoms with Crippen LogP contribution in [0.15, 0.2) is 4.99 Å². The Bertz CT molecular complexity index is 744. The lowest BCUT2D eigenvalue weighted by molar-refractivity contribution is -0.156. The minimum absolute atomic E-state index is 0.0138. The molecule has 0 amide bonds. The van der Waals surface area contributed by atoms with Crippen molar-refractivity contribution in [2.45, 2.75) is 83.1 Å². The molecular formula is C21H33N5O2. The molecule has 1 aliphatic heterocycles. The van der Waals surface area contributed by atoms with Crippen molar-refractivity contribution in [3.05, 3.63) is 11.5 Å². The molecule has 5 rings (SSSR count). The van der Waals surface area contributed by atoms with Crippen LogP contribution in [0.4, 0.5) is 5.82 Å². The molecule has 7 heteroatoms. The number of nitrogens with zero attached hydrogens (tertiary/aromatic N) is 2. The van der Waals surface area contributed by atoms with Gasteiger partial charge in [0, 0.05) is 18.0 Å². The molecule has 154 valence electrons. The Morgan fingerprint density at radius 3 is 2.50 bits per heavy atom. The van der Waals surface area contributed by atoms with Gasteiger partial charge in [-0.2, -0.15) is 0 Å². The summed E-state index contributed by atoms with van der Waals surface area (Å²) in [6.07, 6.45) is 8.27. The van der Waals surface area contributed by atoms with Crippen molar-refractivity contribution in [2.75, 3.05) is 18.4 Å². The number of rotatable bonds is 8. The Morgan fingerprint density at radius 1 is 1.18 bits per heavy atom. The van der Waals surface area contributed by atoms with Crippen molar-refractivity contribution in [3.63, 3.8) is 0 Å². The molecular weight excluding hydrogens is 354 g/mol. The van der Waals surface area contributed by atoms with Crippen LogP contribution in [0.5, 0.6) is 0 Å². The highest BCUT2D eigenvalue weighted by Crippen LogP contribution is 2.57. The Kier molecular flexibility index (Phi) is 5.10. The lowest BCUT2D eigenvalue weighted by Gasteiger charge is -2.50. The van der Waals surface area contributed by atoms with Gasteiger partial charge in [0.15, 0.2) is 5.82 Å². The van der Waals surface area contributed by atoms with E-state index in [0.717, 1.165) is 94.0 Å². The van der Waals surface area contributed by atoms with E-state index >= 15 is 0 Å². The number of H-pyrrole nitrogens is 1. The molecule has 28 heavy (non-hydrogen) atoms. The Balaban J connectivity index is 1.59. The number of aromatic amines is 1. The maximum Gasteiger partial charge on any atom is 0.309 e. The smallest absolute Gasteiger partial charge is 0.309 e. The van der Waals surface area contributed by atoms with E-state index in [2.05, 4.69) is 29.5 Å². The standard InChI is InChI=1S/C21H33N5O2/c1-3-5-14-13-23-17(24-14)15-16(22-12-4-2)26-18(25-15)20-6-9-21(10-7-20,11-8-20)19(27)28/h14,22H,3-13H2,1-2H3,(H,23,24)(H,25,26)(H,27,28)/t14-,20?,21?/m1/s1. The predicted octanol–water partition coefficient (Wildman–Crippen LogP) is 3.43. The van der Waals surface area contributed by atoms with Crippen molar-refractivity contribution >= 4 is 17.6 Å². The number of imidazole rings is 1. The molecule has 1 atom stereocenters. The van der Waals surface area contributed by atoms with Gasteiger partial charge in [-0.25, -0.2) is 4.98 Å². The number of aliphatic carboxylic acids is 1. The minimum Gasteiger partial charge on any atom is -0.481 e. The number of nitrogens with one attached hydrogen (secondary N) is 3. The Morgan fingerprint density at radius 2 is 1.89 bits per heavy atom. The number of fused-ring (bicyclic) bond motifs is 3. The van der Waals surface area contributed by atoms with Gasteiger partial charge in [0.1, 0.15) is 17.4 Å². The third-order valence-electron chi connectivity index (χ3n) is 7.13. The molecule has 0 aromatic carbocycles. The molecule has 0 unspecified atom stereocenters. The number of hydrogen-bond acceptors (Lipinski definition) is 5. The SMILES string of the molecule is CCCNc1nc(C23CCC(C(=O)O)(CC2)CC3)[nH]c1C1=NC[C@@H](CCC)N1. The molecule has 4 N–H and O–H groups in total. The summed E-state index contributed by atoms with van der Waals surface area (Å²) < 4.78 is 0. The van der Waals surface area contributed by atoms with E-state index in [4.69, 9.17) is 9.98 Å². The summed E-state index contributed by atoms with van der Waals surface area (Å²) >= 11 is 0. The summed E-state index contributed by atoms with van der Waals surface area (Å²) in [5.74, 6) is 2.20. The van der Waals surface area contributed by atoms with Crippen LogP contribution < -0.4 is 10.6 Å². The van der Waals surface area contributed by atoms with Crippen molar-refractivity contribution in [1.82, 2.24) is 15.3 Å². The summed E-state index contributed by atoms with van der Waals surface area (Å²) in [6.45, 7) is 6.04. The average Bonchev–Trinajstić information content (AvgIpc) is 3.35. The second kappa shape index (κ2) is 7.41. The van der Waals surface area contributed by atoms with Gasteiger partial charge in [-0.15, -0.1) is 0 Å². The van der Waals surface area contributed by atoms with Crippen molar-refractivity contribution < 1.29 is 9.90 Å². The zero-order valence-corrected chi connectivity index (χ0v) is 17.1. The summed E-state index contributed by atoms with van der Waals surface area (Å²) in [5.41, 5.74) is 0.461. The van der Waals surface area contributed by atoms with Crippen LogP contribution in [-0.2, 0) is 10.2 Å². The topological polar surface area (TPSA) is 102 Å². The highest BCUT2D eigenvalue weighted by molar-refractivity contribution is 6.02. The average molecular weight is 388 g/mol. The number of hydrogen-bond donors (Lipinski definition) is 4. The van der Waals surface area contributed by atoms with Crippen LogP contribution in [-0.4, -0.2) is 46.0 Å². The Hall–Kier alpha value is -2.05. The molecule has 1 aromatic rings. The molecule has 0 spiro atoms. The van der Waals surface area contributed by atoms with Gasteiger partial charge in [-0.05, 0) is 51.4 Å². The summed E-state index contributed by atoms with van der Waals surface area (Å²) in [7, 11) is 0. The van der Waals surface area contributed by atoms with Gasteiger partial charge >= 0.3 is 5.97 Å². The fraction of sp³-hybridized carbons (Fsp3) is 0.762. The maximum absolute atomic E-state index is 11.7. The fourth-order valence-electron chi connectivity index (χ4n) is 5.18. The first kappa shape index (κ1) is 19.3. The quantitative estimate of drug-likeness (QED) is 0.547. The summed E-state index contributed by atoms with van der Waals surface area (Å²) in [6, 6.07) is 0.407. The second-order valence-electron chi connectivity index (χ2n) is 8.92. The number of anilines is 1. The number of aliphatic imine (C=N–C) groups is 1. The number of amidine groups is 1. The van der Waals surface area contributed by atoms with Gasteiger partial charge in [0.05, 0.1) is 12.0 Å². The predicted molar refractivity (Wildman–Crippen MR) is 110 cm³/mol. The van der Waals surface area contributed by atoms with E-state index in [0.29, 0.717) is 6.04 Å². The van der Waals surface area contributed by atoms with Crippen LogP contribution >= 0.6 is 0 Å². The van der Waals surface area contributed by atoms with E-state index in [1.807, 2.05) is 0 Å². The van der Waals surface area contributed by atoms with Gasteiger partial charge < -0.3 is 20.7 Å². The molecule has 3 fully saturated rings. The van der Waals surface area contributed by atoms with Gasteiger partial charge in [-0.3, -0.25) is 9.79 Å². The van der Waals surface area contributed by atoms with E-state index in [1.54, 1.807) is 0 Å². The maximum atomic E-state index is 11.7. The highest BCUT2D eigenvalue weighted by Gasteiger charge is 2.54. The first-order chi connectivity index (χ1) is 13.5. The second-order valence-corrected chi connectivity index (χ2v) is 8.92. The number of aromatic nitrogens is 2. The molecule has 4 aliphatic rings. The van der Waals surface area contributed by atoms with Gasteiger partial charge in [0.25, 0.3) is 0 Å². The first-order valence-electron chi connectivity index (χ1n) is 10.9. The molecule has 7 nitrogen and oxygen atoms in total. The van der Waals surface area contributed by atoms with Crippen molar-refractivity contribution in [2.24, 2.45) is 10.4 Å². The summed E-state index contributed by atoms with van der Waals surface area (Å²) in [5, 5.41) is 16.7. The molecule has 1 aromatic heterocycles. The molecule has 0 radical (unpaired) electrons. The van der Waals surface area contributed by atoms with Crippen LogP contribution in [0.2, 0.25) is 0 Å². The monoisotopic (exact) mass is 387 g/mol. The first-order valence-corrected chi connectivity index (χ1v) is 10.9. The van der Waals surface area contributed by atoms with E-state index < -0.39 is 11.4 Å². The van der Waals surface area contributed by atoms with Crippen molar-refractivity contribution in [1.29, 1.82) is 0 Å². The van der Waals surface area contributed by atoms with Crippen LogP contribution in [0.3, 0.4) is 0 Å². The number of carbonyl (C=O) groups is 1. The van der Waals surface area contributed by atoms with Crippen LogP contribution in [0.1, 0.15) is 83.2 Å². The van der Waals surface area contributed by atoms with Gasteiger partial charge in [-0.1, -0.05) is 20.3 Å². The lowest BCUT2D eigenvalue weighted by atomic mass is 9.53. The van der Waals surface area contributed by atoms with Crippen LogP contribution in [0.25, 0.3) is 0 Å². The lowest BCUT2D eigenvalue weighted by Crippen LogP contribution is -2.48. The fourth-order valence-corrected chi connectivity index (χ4v) is 5.18. The zero-order valence-electron chi connectivity index (χ0n) is 17.1. The molecule has 2 bridgehead atoms. The highest BCUT2D eigenvalue weighted by atomic mass is 16.4. The van der Waals surface area contributed by atoms with Gasteiger partial charge in [0.2, 0.25) is 0 Å². The normalized spacial score (nSPS) is 31.5. The summed E-state index contributed by atoms with van der Waals surface area (Å²) in [4.78, 5) is 25.1. The number of carboxylic acids is 1. The number of carboxylic acid groups (broad SMARTS) is 1. The minimum atomic E-state index is -0.613. The molecule has 0 saturated heterocycles. The van der Waals surface area contributed by atoms with E-state index in [9.17, 15) is 9.90 Å². The van der Waals surface area contributed by atoms with E-state index in [-0.39, 0.29) is 5.41 Å². The molecule has 3 saturated carbocycles. The van der Waals surface area contributed by atoms with Crippen LogP contribution in [0, 0.1) is 5.41 Å². The largest absolute Gasteiger partial charge is 0.481 e. The van der Waals surface area contributed by atoms with Crippen molar-refractivity contribution in [3.8, 4) is 0 Å². The third-order valence-corrected chi connectivity index (χ3v) is 7.13. The molecule has 3 aliphatic carbocycles.